The van der Waals surface area contributed by atoms with E-state index in [1.165, 1.54) is 19.3 Å². The maximum Gasteiger partial charge on any atom is 0.306 e. The van der Waals surface area contributed by atoms with E-state index >= 15 is 0 Å². The highest BCUT2D eigenvalue weighted by Gasteiger charge is 2.19. The van der Waals surface area contributed by atoms with Crippen molar-refractivity contribution in [3.05, 3.63) is 134 Å². The number of unbranched alkanes of at least 4 members (excludes halogenated alkanes) is 10. The van der Waals surface area contributed by atoms with Crippen LogP contribution in [0, 0.1) is 0 Å². The monoisotopic (exact) mass is 883 g/mol. The number of rotatable bonds is 43. The number of allylic oxidation sites excluding steroid dienone is 22. The van der Waals surface area contributed by atoms with E-state index in [0.29, 0.717) is 19.3 Å². The van der Waals surface area contributed by atoms with Gasteiger partial charge in [-0.1, -0.05) is 187 Å². The normalized spacial score (nSPS) is 13.2. The van der Waals surface area contributed by atoms with E-state index in [4.69, 9.17) is 14.2 Å². The van der Waals surface area contributed by atoms with Crippen LogP contribution in [0.3, 0.4) is 0 Å². The Morgan fingerprint density at radius 3 is 1.05 bits per heavy atom. The zero-order chi connectivity index (χ0) is 46.5. The maximum atomic E-state index is 12.8. The van der Waals surface area contributed by atoms with Crippen molar-refractivity contribution in [1.29, 1.82) is 0 Å². The molecular formula is C58H90O6. The molecule has 0 rings (SSSR count). The summed E-state index contributed by atoms with van der Waals surface area (Å²) in [5.74, 6) is -1.05. The molecule has 0 bridgehead atoms. The quantitative estimate of drug-likeness (QED) is 0.0263. The second kappa shape index (κ2) is 51.2. The van der Waals surface area contributed by atoms with E-state index in [1.807, 2.05) is 0 Å². The smallest absolute Gasteiger partial charge is 0.306 e. The first kappa shape index (κ1) is 59.5. The average molecular weight is 883 g/mol. The summed E-state index contributed by atoms with van der Waals surface area (Å²) in [5, 5.41) is 0. The third-order valence-corrected chi connectivity index (χ3v) is 9.87. The molecule has 0 aromatic carbocycles. The number of ether oxygens (including phenoxy) is 3. The minimum Gasteiger partial charge on any atom is -0.462 e. The molecule has 0 aromatic heterocycles. The Hall–Kier alpha value is -4.45. The van der Waals surface area contributed by atoms with Gasteiger partial charge in [-0.3, -0.25) is 14.4 Å². The van der Waals surface area contributed by atoms with Gasteiger partial charge in [0.25, 0.3) is 0 Å². The van der Waals surface area contributed by atoms with Crippen molar-refractivity contribution in [2.45, 2.75) is 200 Å². The number of carbonyl (C=O) groups is 3. The highest BCUT2D eigenvalue weighted by molar-refractivity contribution is 5.71. The van der Waals surface area contributed by atoms with Gasteiger partial charge in [0.1, 0.15) is 13.2 Å². The van der Waals surface area contributed by atoms with Gasteiger partial charge in [-0.05, 0) is 122 Å². The van der Waals surface area contributed by atoms with Crippen LogP contribution in [0.1, 0.15) is 194 Å². The molecule has 0 fully saturated rings. The summed E-state index contributed by atoms with van der Waals surface area (Å²) in [5.41, 5.74) is 0. The zero-order valence-electron chi connectivity index (χ0n) is 40.7. The van der Waals surface area contributed by atoms with Crippen LogP contribution in [0.2, 0.25) is 0 Å². The molecule has 0 unspecified atom stereocenters. The number of esters is 3. The largest absolute Gasteiger partial charge is 0.462 e. The maximum absolute atomic E-state index is 12.8. The summed E-state index contributed by atoms with van der Waals surface area (Å²) in [4.78, 5) is 37.9. The number of hydrogen-bond donors (Lipinski definition) is 0. The number of hydrogen-bond acceptors (Lipinski definition) is 6. The lowest BCUT2D eigenvalue weighted by atomic mass is 10.1. The third kappa shape index (κ3) is 48.6. The van der Waals surface area contributed by atoms with Gasteiger partial charge < -0.3 is 14.2 Å². The van der Waals surface area contributed by atoms with Gasteiger partial charge >= 0.3 is 17.9 Å². The van der Waals surface area contributed by atoms with Gasteiger partial charge in [-0.15, -0.1) is 0 Å². The second-order valence-corrected chi connectivity index (χ2v) is 16.0. The van der Waals surface area contributed by atoms with Crippen molar-refractivity contribution in [3.8, 4) is 0 Å². The van der Waals surface area contributed by atoms with Gasteiger partial charge in [-0.2, -0.15) is 0 Å². The predicted octanol–water partition coefficient (Wildman–Crippen LogP) is 16.7. The van der Waals surface area contributed by atoms with Gasteiger partial charge in [0.2, 0.25) is 0 Å². The van der Waals surface area contributed by atoms with Crippen LogP contribution < -0.4 is 0 Å². The molecule has 6 nitrogen and oxygen atoms in total. The molecule has 0 saturated carbocycles. The molecule has 1 atom stereocenters. The van der Waals surface area contributed by atoms with E-state index in [1.54, 1.807) is 0 Å². The minimum absolute atomic E-state index is 0.125. The Morgan fingerprint density at radius 2 is 0.625 bits per heavy atom. The van der Waals surface area contributed by atoms with Crippen LogP contribution in [0.25, 0.3) is 0 Å². The van der Waals surface area contributed by atoms with E-state index < -0.39 is 6.10 Å². The molecule has 0 heterocycles. The fourth-order valence-corrected chi connectivity index (χ4v) is 6.13. The average Bonchev–Trinajstić information content (AvgIpc) is 3.29. The summed E-state index contributed by atoms with van der Waals surface area (Å²) in [6, 6.07) is 0. The molecular weight excluding hydrogens is 793 g/mol. The highest BCUT2D eigenvalue weighted by Crippen LogP contribution is 2.11. The Bertz CT molecular complexity index is 1430. The predicted molar refractivity (Wildman–Crippen MR) is 274 cm³/mol. The molecule has 0 spiro atoms. The topological polar surface area (TPSA) is 78.9 Å². The first-order chi connectivity index (χ1) is 31.5. The molecule has 0 aliphatic rings. The first-order valence-corrected chi connectivity index (χ1v) is 25.2. The third-order valence-electron chi connectivity index (χ3n) is 9.87. The van der Waals surface area contributed by atoms with Crippen LogP contribution >= 0.6 is 0 Å². The van der Waals surface area contributed by atoms with Crippen LogP contribution in [0.5, 0.6) is 0 Å². The minimum atomic E-state index is -0.833. The fraction of sp³-hybridized carbons (Fsp3) is 0.569. The number of carbonyl (C=O) groups excluding carboxylic acids is 3. The van der Waals surface area contributed by atoms with Crippen LogP contribution in [0.4, 0.5) is 0 Å². The van der Waals surface area contributed by atoms with E-state index in [2.05, 4.69) is 154 Å². The molecule has 0 N–H and O–H groups in total. The van der Waals surface area contributed by atoms with Gasteiger partial charge in [0, 0.05) is 19.3 Å². The lowest BCUT2D eigenvalue weighted by Crippen LogP contribution is -2.30. The fourth-order valence-electron chi connectivity index (χ4n) is 6.13. The summed E-state index contributed by atoms with van der Waals surface area (Å²) in [6.07, 6.45) is 71.5. The van der Waals surface area contributed by atoms with Crippen LogP contribution in [-0.2, 0) is 28.6 Å². The van der Waals surface area contributed by atoms with Crippen molar-refractivity contribution >= 4 is 17.9 Å². The first-order valence-electron chi connectivity index (χ1n) is 25.2. The molecule has 0 aliphatic carbocycles. The molecule has 0 aromatic rings. The Kier molecular flexibility index (Phi) is 47.6. The van der Waals surface area contributed by atoms with Gasteiger partial charge in [0.15, 0.2) is 6.10 Å². The zero-order valence-corrected chi connectivity index (χ0v) is 40.7. The molecule has 0 aliphatic heterocycles. The van der Waals surface area contributed by atoms with Crippen molar-refractivity contribution < 1.29 is 28.6 Å². The lowest BCUT2D eigenvalue weighted by Gasteiger charge is -2.18. The Balaban J connectivity index is 4.60. The van der Waals surface area contributed by atoms with Gasteiger partial charge in [0.05, 0.1) is 0 Å². The second-order valence-electron chi connectivity index (χ2n) is 16.0. The molecule has 358 valence electrons. The van der Waals surface area contributed by atoms with Crippen molar-refractivity contribution in [2.24, 2.45) is 0 Å². The molecule has 64 heavy (non-hydrogen) atoms. The highest BCUT2D eigenvalue weighted by atomic mass is 16.6. The van der Waals surface area contributed by atoms with Crippen molar-refractivity contribution in [3.63, 3.8) is 0 Å². The Morgan fingerprint density at radius 1 is 0.328 bits per heavy atom. The van der Waals surface area contributed by atoms with E-state index in [9.17, 15) is 14.4 Å². The Labute approximate surface area is 392 Å². The lowest BCUT2D eigenvalue weighted by molar-refractivity contribution is -0.167. The van der Waals surface area contributed by atoms with Crippen LogP contribution in [-0.4, -0.2) is 37.2 Å². The molecule has 0 radical (unpaired) electrons. The van der Waals surface area contributed by atoms with Crippen LogP contribution in [0.15, 0.2) is 134 Å². The SMILES string of the molecule is CC/C=C\C/C=C\C/C=C\C/C=C\C/C=C\CCCC(=O)OC[C@@H](COC(=O)CCCCCCC/C=C\C/C=C\CCCC)OC(=O)CCCC/C=C\C/C=C\C/C=C\C/C=C\CC. The molecule has 0 saturated heterocycles. The van der Waals surface area contributed by atoms with E-state index in [-0.39, 0.29) is 44.0 Å². The summed E-state index contributed by atoms with van der Waals surface area (Å²) in [6.45, 7) is 6.24. The standard InChI is InChI=1S/C58H90O6/c1-4-7-10-13-16-19-22-25-28-29-31-33-36-39-42-45-48-51-57(60)63-54-55(53-62-56(59)50-47-44-41-38-35-32-27-24-21-18-15-12-9-6-3)64-58(61)52-49-46-43-40-37-34-30-26-23-20-17-14-11-8-5-2/h7-8,10-11,15-20,24-28,30-31,33,37,39-40,42,55H,4-6,9,12-14,21-23,29,32,34-36,38,41,43-54H2,1-3H3/b10-7-,11-8-,18-15-,19-16-,20-17-,27-24-,28-25-,30-26-,33-31-,40-37-,42-39-/t55-/m1/s1. The molecule has 0 amide bonds. The van der Waals surface area contributed by atoms with Gasteiger partial charge in [-0.25, -0.2) is 0 Å². The molecule has 6 heteroatoms. The van der Waals surface area contributed by atoms with Crippen molar-refractivity contribution in [1.82, 2.24) is 0 Å². The summed E-state index contributed by atoms with van der Waals surface area (Å²) in [7, 11) is 0. The summed E-state index contributed by atoms with van der Waals surface area (Å²) >= 11 is 0. The van der Waals surface area contributed by atoms with E-state index in [0.717, 1.165) is 122 Å². The summed E-state index contributed by atoms with van der Waals surface area (Å²) < 4.78 is 16.7. The van der Waals surface area contributed by atoms with Crippen molar-refractivity contribution in [2.75, 3.05) is 13.2 Å².